The van der Waals surface area contributed by atoms with Crippen LogP contribution in [0.2, 0.25) is 0 Å². The summed E-state index contributed by atoms with van der Waals surface area (Å²) in [5.74, 6) is 0.602. The minimum atomic E-state index is -0.785. The van der Waals surface area contributed by atoms with E-state index in [2.05, 4.69) is 31.0 Å². The monoisotopic (exact) mass is 482 g/mol. The Morgan fingerprint density at radius 2 is 1.94 bits per heavy atom. The SMILES string of the molecule is CF.N/C=C(\C1=NCCNC1)c1cccc(/C(N)=N/NCc2ccc(-c3nnc(CF)o3)cc2)c1. The van der Waals surface area contributed by atoms with Gasteiger partial charge in [0.05, 0.1) is 26.0 Å². The number of alkyl halides is 2. The fourth-order valence-electron chi connectivity index (χ4n) is 3.39. The van der Waals surface area contributed by atoms with Gasteiger partial charge in [-0.25, -0.2) is 4.39 Å². The van der Waals surface area contributed by atoms with Gasteiger partial charge in [-0.2, -0.15) is 5.10 Å². The van der Waals surface area contributed by atoms with Gasteiger partial charge in [-0.05, 0) is 29.3 Å². The van der Waals surface area contributed by atoms with Gasteiger partial charge in [0.15, 0.2) is 12.5 Å². The van der Waals surface area contributed by atoms with Crippen LogP contribution < -0.4 is 22.2 Å². The number of amidine groups is 1. The van der Waals surface area contributed by atoms with Crippen LogP contribution in [-0.4, -0.2) is 48.6 Å². The average molecular weight is 483 g/mol. The van der Waals surface area contributed by atoms with Gasteiger partial charge in [0, 0.05) is 36.0 Å². The minimum absolute atomic E-state index is 0.0397. The zero-order valence-electron chi connectivity index (χ0n) is 19.3. The lowest BCUT2D eigenvalue weighted by molar-refractivity contribution is 0.385. The maximum Gasteiger partial charge on any atom is 0.247 e. The first-order valence-corrected chi connectivity index (χ1v) is 10.9. The zero-order valence-corrected chi connectivity index (χ0v) is 19.3. The van der Waals surface area contributed by atoms with Gasteiger partial charge in [0.2, 0.25) is 11.8 Å². The minimum Gasteiger partial charge on any atom is -0.418 e. The van der Waals surface area contributed by atoms with E-state index in [1.807, 2.05) is 48.5 Å². The number of aromatic nitrogens is 2. The topological polar surface area (TPSA) is 140 Å². The second kappa shape index (κ2) is 12.9. The van der Waals surface area contributed by atoms with Crippen LogP contribution in [0.25, 0.3) is 17.0 Å². The molecule has 35 heavy (non-hydrogen) atoms. The third-order valence-electron chi connectivity index (χ3n) is 5.10. The molecule has 2 heterocycles. The summed E-state index contributed by atoms with van der Waals surface area (Å²) >= 11 is 0. The Bertz CT molecular complexity index is 1190. The molecular weight excluding hydrogens is 454 g/mol. The maximum absolute atomic E-state index is 12.6. The highest BCUT2D eigenvalue weighted by Gasteiger charge is 2.13. The molecule has 0 unspecified atom stereocenters. The van der Waals surface area contributed by atoms with Gasteiger partial charge in [0.25, 0.3) is 0 Å². The van der Waals surface area contributed by atoms with Crippen molar-refractivity contribution in [2.45, 2.75) is 13.2 Å². The van der Waals surface area contributed by atoms with Gasteiger partial charge in [-0.1, -0.05) is 30.3 Å². The molecule has 0 saturated heterocycles. The molecule has 4 rings (SSSR count). The molecule has 0 atom stereocenters. The Morgan fingerprint density at radius 3 is 2.60 bits per heavy atom. The molecule has 184 valence electrons. The summed E-state index contributed by atoms with van der Waals surface area (Å²) in [6.07, 6.45) is 1.58. The number of nitrogens with one attached hydrogen (secondary N) is 2. The Balaban J connectivity index is 0.00000167. The first-order valence-electron chi connectivity index (χ1n) is 10.9. The molecule has 3 aromatic rings. The molecule has 0 bridgehead atoms. The Kier molecular flexibility index (Phi) is 9.43. The molecule has 2 aromatic carbocycles. The number of benzene rings is 2. The molecule has 6 N–H and O–H groups in total. The van der Waals surface area contributed by atoms with Crippen molar-refractivity contribution in [1.29, 1.82) is 0 Å². The van der Waals surface area contributed by atoms with E-state index in [4.69, 9.17) is 15.9 Å². The lowest BCUT2D eigenvalue weighted by Gasteiger charge is -2.16. The van der Waals surface area contributed by atoms with Gasteiger partial charge in [0.1, 0.15) is 0 Å². The Morgan fingerprint density at radius 1 is 1.17 bits per heavy atom. The van der Waals surface area contributed by atoms with Crippen molar-refractivity contribution < 1.29 is 13.2 Å². The van der Waals surface area contributed by atoms with Gasteiger partial charge in [-0.3, -0.25) is 9.38 Å². The molecule has 1 aliphatic rings. The molecule has 0 saturated carbocycles. The smallest absolute Gasteiger partial charge is 0.247 e. The van der Waals surface area contributed by atoms with E-state index in [0.717, 1.165) is 41.1 Å². The fourth-order valence-corrected chi connectivity index (χ4v) is 3.39. The average Bonchev–Trinajstić information content (AvgIpc) is 3.41. The summed E-state index contributed by atoms with van der Waals surface area (Å²) in [5, 5.41) is 15.0. The molecule has 1 aromatic heterocycles. The highest BCUT2D eigenvalue weighted by Crippen LogP contribution is 2.19. The predicted octanol–water partition coefficient (Wildman–Crippen LogP) is 2.55. The molecule has 1 aliphatic heterocycles. The van der Waals surface area contributed by atoms with Crippen LogP contribution >= 0.6 is 0 Å². The van der Waals surface area contributed by atoms with Crippen LogP contribution in [0.5, 0.6) is 0 Å². The first-order chi connectivity index (χ1) is 17.2. The predicted molar refractivity (Wildman–Crippen MR) is 133 cm³/mol. The van der Waals surface area contributed by atoms with E-state index < -0.39 is 6.67 Å². The van der Waals surface area contributed by atoms with Crippen LogP contribution in [0, 0.1) is 0 Å². The largest absolute Gasteiger partial charge is 0.418 e. The van der Waals surface area contributed by atoms with Crippen molar-refractivity contribution in [3.8, 4) is 11.5 Å². The van der Waals surface area contributed by atoms with Crippen molar-refractivity contribution in [3.05, 3.63) is 77.3 Å². The van der Waals surface area contributed by atoms with Crippen molar-refractivity contribution in [2.75, 3.05) is 26.8 Å². The lowest BCUT2D eigenvalue weighted by atomic mass is 9.99. The van der Waals surface area contributed by atoms with Crippen LogP contribution in [-0.2, 0) is 13.2 Å². The number of halogens is 2. The molecule has 11 heteroatoms. The van der Waals surface area contributed by atoms with E-state index in [1.165, 1.54) is 0 Å². The zero-order chi connectivity index (χ0) is 25.0. The Hall–Kier alpha value is -4.12. The summed E-state index contributed by atoms with van der Waals surface area (Å²) in [4.78, 5) is 4.57. The molecule has 0 amide bonds. The second-order valence-corrected chi connectivity index (χ2v) is 7.33. The number of nitrogens with zero attached hydrogens (tertiary/aromatic N) is 4. The van der Waals surface area contributed by atoms with Crippen molar-refractivity contribution in [2.24, 2.45) is 21.6 Å². The van der Waals surface area contributed by atoms with Gasteiger partial charge in [-0.15, -0.1) is 10.2 Å². The van der Waals surface area contributed by atoms with Crippen LogP contribution in [0.1, 0.15) is 22.6 Å². The number of aliphatic imine (C=N–C) groups is 1. The number of hydrogen-bond acceptors (Lipinski definition) is 8. The van der Waals surface area contributed by atoms with E-state index >= 15 is 0 Å². The number of hydrazone groups is 1. The second-order valence-electron chi connectivity index (χ2n) is 7.33. The van der Waals surface area contributed by atoms with Crippen molar-refractivity contribution in [1.82, 2.24) is 20.9 Å². The fraction of sp³-hybridized carbons (Fsp3) is 0.250. The van der Waals surface area contributed by atoms with E-state index in [-0.39, 0.29) is 11.8 Å². The highest BCUT2D eigenvalue weighted by molar-refractivity contribution is 6.25. The van der Waals surface area contributed by atoms with Gasteiger partial charge >= 0.3 is 0 Å². The maximum atomic E-state index is 12.6. The summed E-state index contributed by atoms with van der Waals surface area (Å²) in [5.41, 5.74) is 20.3. The molecule has 0 aliphatic carbocycles. The molecule has 9 nitrogen and oxygen atoms in total. The molecule has 0 spiro atoms. The Labute approximate surface area is 202 Å². The quantitative estimate of drug-likeness (QED) is 0.220. The summed E-state index contributed by atoms with van der Waals surface area (Å²) in [6, 6.07) is 15.2. The normalized spacial score (nSPS) is 14.1. The van der Waals surface area contributed by atoms with Crippen LogP contribution in [0.4, 0.5) is 8.78 Å². The van der Waals surface area contributed by atoms with Crippen molar-refractivity contribution in [3.63, 3.8) is 0 Å². The summed E-state index contributed by atoms with van der Waals surface area (Å²) < 4.78 is 27.3. The number of hydrogen-bond donors (Lipinski definition) is 4. The van der Waals surface area contributed by atoms with E-state index in [1.54, 1.807) is 6.20 Å². The lowest BCUT2D eigenvalue weighted by Crippen LogP contribution is -2.31. The molecule has 0 fully saturated rings. The number of nitrogens with two attached hydrogens (primary N) is 2. The van der Waals surface area contributed by atoms with Crippen LogP contribution in [0.3, 0.4) is 0 Å². The molecule has 0 radical (unpaired) electrons. The van der Waals surface area contributed by atoms with E-state index in [9.17, 15) is 8.78 Å². The first kappa shape index (κ1) is 25.5. The van der Waals surface area contributed by atoms with Crippen LogP contribution in [0.15, 0.2) is 69.2 Å². The number of rotatable bonds is 8. The summed E-state index contributed by atoms with van der Waals surface area (Å²) in [6.45, 7) is 1.96. The highest BCUT2D eigenvalue weighted by atomic mass is 19.1. The summed E-state index contributed by atoms with van der Waals surface area (Å²) in [7, 11) is 0.500. The van der Waals surface area contributed by atoms with E-state index in [0.29, 0.717) is 31.7 Å². The van der Waals surface area contributed by atoms with Gasteiger partial charge < -0.3 is 26.6 Å². The standard InChI is InChI=1S/C23H25FN8O.CH3F/c24-11-21-30-32-23(33-21)16-6-4-15(5-7-16)13-29-31-22(26)18-3-1-2-17(10-18)19(12-25)20-14-27-8-9-28-20;1-2/h1-7,10,12,27,29H,8-9,11,13-14,25H2,(H2,26,31);1H3/b19-12-;. The third kappa shape index (κ3) is 6.70. The van der Waals surface area contributed by atoms with Crippen molar-refractivity contribution >= 4 is 17.1 Å². The molecular formula is C24H28F2N8O. The third-order valence-corrected chi connectivity index (χ3v) is 5.10.